The molecule has 0 radical (unpaired) electrons. The molecule has 92 valence electrons. The zero-order valence-corrected chi connectivity index (χ0v) is 9.30. The highest BCUT2D eigenvalue weighted by atomic mass is 19.4. The summed E-state index contributed by atoms with van der Waals surface area (Å²) < 4.78 is 37.3. The van der Waals surface area contributed by atoms with E-state index >= 15 is 0 Å². The van der Waals surface area contributed by atoms with Crippen LogP contribution in [0.2, 0.25) is 0 Å². The molecule has 0 saturated carbocycles. The van der Waals surface area contributed by atoms with Gasteiger partial charge in [0.1, 0.15) is 0 Å². The Bertz CT molecular complexity index is 426. The molecule has 0 spiro atoms. The van der Waals surface area contributed by atoms with Crippen LogP contribution in [0.1, 0.15) is 30.5 Å². The molecule has 0 aliphatic carbocycles. The van der Waals surface area contributed by atoms with Crippen molar-refractivity contribution < 1.29 is 13.2 Å². The molecule has 0 bridgehead atoms. The van der Waals surface area contributed by atoms with Gasteiger partial charge in [0.2, 0.25) is 0 Å². The van der Waals surface area contributed by atoms with E-state index in [1.165, 1.54) is 0 Å². The standard InChI is InChI=1S/C12H13F3N2/c13-12(14,15)9-2-3-10(16-8-9)11-4-1-6-17(11)7-5-11/h2-3,8H,1,4-7H2. The van der Waals surface area contributed by atoms with E-state index in [-0.39, 0.29) is 5.54 Å². The second kappa shape index (κ2) is 3.45. The number of hydrogen-bond donors (Lipinski definition) is 0. The van der Waals surface area contributed by atoms with Crippen molar-refractivity contribution in [3.8, 4) is 0 Å². The summed E-state index contributed by atoms with van der Waals surface area (Å²) in [7, 11) is 0. The van der Waals surface area contributed by atoms with E-state index in [9.17, 15) is 13.2 Å². The number of fused-ring (bicyclic) bond motifs is 1. The Labute approximate surface area is 97.5 Å². The predicted octanol–water partition coefficient (Wildman–Crippen LogP) is 2.80. The number of nitrogens with zero attached hydrogens (tertiary/aromatic N) is 2. The second-order valence-electron chi connectivity index (χ2n) is 4.80. The molecule has 2 aliphatic heterocycles. The zero-order valence-electron chi connectivity index (χ0n) is 9.30. The average Bonchev–Trinajstić information content (AvgIpc) is 2.54. The van der Waals surface area contributed by atoms with Crippen LogP contribution in [0.15, 0.2) is 18.3 Å². The van der Waals surface area contributed by atoms with Gasteiger partial charge in [-0.1, -0.05) is 0 Å². The highest BCUT2D eigenvalue weighted by Gasteiger charge is 2.50. The van der Waals surface area contributed by atoms with Crippen LogP contribution < -0.4 is 0 Å². The molecule has 3 rings (SSSR count). The van der Waals surface area contributed by atoms with Crippen molar-refractivity contribution in [2.45, 2.75) is 31.0 Å². The molecule has 1 atom stereocenters. The van der Waals surface area contributed by atoms with Crippen LogP contribution in [0, 0.1) is 0 Å². The highest BCUT2D eigenvalue weighted by molar-refractivity contribution is 5.26. The van der Waals surface area contributed by atoms with Gasteiger partial charge >= 0.3 is 6.18 Å². The first-order valence-electron chi connectivity index (χ1n) is 5.81. The summed E-state index contributed by atoms with van der Waals surface area (Å²) in [6.07, 6.45) is -0.184. The molecule has 2 nitrogen and oxygen atoms in total. The fourth-order valence-corrected chi connectivity index (χ4v) is 2.97. The fourth-order valence-electron chi connectivity index (χ4n) is 2.97. The molecule has 1 unspecified atom stereocenters. The average molecular weight is 242 g/mol. The Morgan fingerprint density at radius 3 is 2.47 bits per heavy atom. The molecule has 0 N–H and O–H groups in total. The summed E-state index contributed by atoms with van der Waals surface area (Å²) in [5.41, 5.74) is 0.0835. The van der Waals surface area contributed by atoms with E-state index in [4.69, 9.17) is 0 Å². The number of halogens is 3. The second-order valence-corrected chi connectivity index (χ2v) is 4.80. The lowest BCUT2D eigenvalue weighted by Crippen LogP contribution is -2.53. The third kappa shape index (κ3) is 1.56. The van der Waals surface area contributed by atoms with Crippen molar-refractivity contribution in [2.24, 2.45) is 0 Å². The van der Waals surface area contributed by atoms with Crippen LogP contribution in [0.3, 0.4) is 0 Å². The van der Waals surface area contributed by atoms with E-state index in [1.54, 1.807) is 6.07 Å². The third-order valence-corrected chi connectivity index (χ3v) is 3.99. The van der Waals surface area contributed by atoms with Crippen LogP contribution in [0.5, 0.6) is 0 Å². The Morgan fingerprint density at radius 2 is 2.00 bits per heavy atom. The molecule has 2 saturated heterocycles. The topological polar surface area (TPSA) is 16.1 Å². The van der Waals surface area contributed by atoms with E-state index < -0.39 is 11.7 Å². The van der Waals surface area contributed by atoms with Crippen molar-refractivity contribution in [1.82, 2.24) is 9.88 Å². The van der Waals surface area contributed by atoms with Crippen molar-refractivity contribution in [1.29, 1.82) is 0 Å². The molecule has 3 heterocycles. The Balaban J connectivity index is 1.90. The van der Waals surface area contributed by atoms with E-state index in [2.05, 4.69) is 9.88 Å². The molecule has 0 aromatic carbocycles. The van der Waals surface area contributed by atoms with Crippen LogP contribution in [-0.4, -0.2) is 23.0 Å². The van der Waals surface area contributed by atoms with Gasteiger partial charge in [-0.25, -0.2) is 0 Å². The molecular weight excluding hydrogens is 229 g/mol. The number of aromatic nitrogens is 1. The number of alkyl halides is 3. The lowest BCUT2D eigenvalue weighted by molar-refractivity contribution is -0.137. The number of pyridine rings is 1. The molecule has 2 aliphatic rings. The monoisotopic (exact) mass is 242 g/mol. The summed E-state index contributed by atoms with van der Waals surface area (Å²) in [5.74, 6) is 0. The normalized spacial score (nSPS) is 28.9. The lowest BCUT2D eigenvalue weighted by Gasteiger charge is -2.47. The summed E-state index contributed by atoms with van der Waals surface area (Å²) in [4.78, 5) is 6.36. The van der Waals surface area contributed by atoms with E-state index in [0.717, 1.165) is 50.3 Å². The zero-order chi connectivity index (χ0) is 12.1. The maximum atomic E-state index is 12.4. The molecule has 1 aromatic heterocycles. The van der Waals surface area contributed by atoms with Gasteiger partial charge in [0.25, 0.3) is 0 Å². The first-order valence-corrected chi connectivity index (χ1v) is 5.81. The maximum absolute atomic E-state index is 12.4. The quantitative estimate of drug-likeness (QED) is 0.752. The van der Waals surface area contributed by atoms with Crippen LogP contribution >= 0.6 is 0 Å². The number of hydrogen-bond acceptors (Lipinski definition) is 2. The van der Waals surface area contributed by atoms with E-state index in [1.807, 2.05) is 0 Å². The minimum atomic E-state index is -4.29. The molecular formula is C12H13F3N2. The van der Waals surface area contributed by atoms with Crippen LogP contribution in [0.25, 0.3) is 0 Å². The minimum absolute atomic E-state index is 0.0515. The lowest BCUT2D eigenvalue weighted by atomic mass is 9.81. The van der Waals surface area contributed by atoms with Gasteiger partial charge < -0.3 is 0 Å². The first-order chi connectivity index (χ1) is 8.02. The molecule has 0 amide bonds. The summed E-state index contributed by atoms with van der Waals surface area (Å²) in [5, 5.41) is 0. The Kier molecular flexibility index (Phi) is 2.23. The molecule has 2 fully saturated rings. The number of rotatable bonds is 1. The fraction of sp³-hybridized carbons (Fsp3) is 0.583. The third-order valence-electron chi connectivity index (χ3n) is 3.99. The predicted molar refractivity (Wildman–Crippen MR) is 56.3 cm³/mol. The first kappa shape index (κ1) is 11.0. The van der Waals surface area contributed by atoms with Gasteiger partial charge in [-0.3, -0.25) is 9.88 Å². The van der Waals surface area contributed by atoms with Crippen molar-refractivity contribution in [3.63, 3.8) is 0 Å². The van der Waals surface area contributed by atoms with E-state index in [0.29, 0.717) is 0 Å². The summed E-state index contributed by atoms with van der Waals surface area (Å²) in [6.45, 7) is 2.09. The van der Waals surface area contributed by atoms with Crippen molar-refractivity contribution in [3.05, 3.63) is 29.6 Å². The van der Waals surface area contributed by atoms with Crippen LogP contribution in [-0.2, 0) is 11.7 Å². The largest absolute Gasteiger partial charge is 0.417 e. The molecule has 1 aromatic rings. The van der Waals surface area contributed by atoms with Gasteiger partial charge in [0.15, 0.2) is 0 Å². The SMILES string of the molecule is FC(F)(F)c1ccc(C23CCCN2CC3)nc1. The van der Waals surface area contributed by atoms with Gasteiger partial charge in [-0.15, -0.1) is 0 Å². The Hall–Kier alpha value is -1.10. The van der Waals surface area contributed by atoms with Gasteiger partial charge in [-0.05, 0) is 37.9 Å². The van der Waals surface area contributed by atoms with Crippen LogP contribution in [0.4, 0.5) is 13.2 Å². The Morgan fingerprint density at radius 1 is 1.18 bits per heavy atom. The van der Waals surface area contributed by atoms with Gasteiger partial charge in [-0.2, -0.15) is 13.2 Å². The van der Waals surface area contributed by atoms with Crippen molar-refractivity contribution in [2.75, 3.05) is 13.1 Å². The summed E-state index contributed by atoms with van der Waals surface area (Å²) >= 11 is 0. The van der Waals surface area contributed by atoms with Crippen molar-refractivity contribution >= 4 is 0 Å². The van der Waals surface area contributed by atoms with Gasteiger partial charge in [0, 0.05) is 12.7 Å². The van der Waals surface area contributed by atoms with Gasteiger partial charge in [0.05, 0.1) is 16.8 Å². The smallest absolute Gasteiger partial charge is 0.292 e. The maximum Gasteiger partial charge on any atom is 0.417 e. The summed E-state index contributed by atoms with van der Waals surface area (Å²) in [6, 6.07) is 2.69. The minimum Gasteiger partial charge on any atom is -0.292 e. The highest BCUT2D eigenvalue weighted by Crippen LogP contribution is 2.47. The molecule has 5 heteroatoms. The molecule has 17 heavy (non-hydrogen) atoms.